The number of aromatic nitrogens is 2. The van der Waals surface area contributed by atoms with Gasteiger partial charge in [-0.05, 0) is 41.7 Å². The molecule has 11 heteroatoms. The zero-order valence-corrected chi connectivity index (χ0v) is 22.7. The summed E-state index contributed by atoms with van der Waals surface area (Å²) in [5.74, 6) is -0.614. The molecular formula is C27H33ClFN7O2. The lowest BCUT2D eigenvalue weighted by atomic mass is 9.79. The Morgan fingerprint density at radius 2 is 2.08 bits per heavy atom. The fourth-order valence-corrected chi connectivity index (χ4v) is 4.78. The van der Waals surface area contributed by atoms with Crippen molar-refractivity contribution in [1.29, 1.82) is 0 Å². The second kappa shape index (κ2) is 11.9. The summed E-state index contributed by atoms with van der Waals surface area (Å²) >= 11 is 6.31. The van der Waals surface area contributed by atoms with E-state index in [0.29, 0.717) is 12.6 Å². The highest BCUT2D eigenvalue weighted by atomic mass is 35.5. The topological polar surface area (TPSA) is 112 Å². The van der Waals surface area contributed by atoms with Crippen LogP contribution in [0.4, 0.5) is 33.2 Å². The van der Waals surface area contributed by atoms with E-state index in [1.165, 1.54) is 37.0 Å². The molecule has 4 rings (SSSR count). The third-order valence-electron chi connectivity index (χ3n) is 6.51. The Labute approximate surface area is 226 Å². The molecule has 1 aliphatic rings. The van der Waals surface area contributed by atoms with E-state index in [1.54, 1.807) is 7.11 Å². The minimum Gasteiger partial charge on any atom is -0.383 e. The largest absolute Gasteiger partial charge is 0.383 e. The molecular weight excluding hydrogens is 509 g/mol. The summed E-state index contributed by atoms with van der Waals surface area (Å²) in [6, 6.07) is 10.6. The van der Waals surface area contributed by atoms with Crippen LogP contribution in [0, 0.1) is 5.82 Å². The molecule has 1 aromatic heterocycles. The van der Waals surface area contributed by atoms with Gasteiger partial charge in [-0.3, -0.25) is 4.79 Å². The Morgan fingerprint density at radius 3 is 2.84 bits per heavy atom. The summed E-state index contributed by atoms with van der Waals surface area (Å²) in [5.41, 5.74) is 3.10. The number of nitrogens with one attached hydrogen (secondary N) is 5. The fraction of sp³-hybridized carbons (Fsp3) is 0.370. The van der Waals surface area contributed by atoms with Gasteiger partial charge in [-0.1, -0.05) is 37.6 Å². The maximum Gasteiger partial charge on any atom is 0.253 e. The molecule has 1 unspecified atom stereocenters. The van der Waals surface area contributed by atoms with Gasteiger partial charge in [0.15, 0.2) is 5.82 Å². The number of amides is 1. The number of hydrogen-bond acceptors (Lipinski definition) is 8. The number of hydrogen-bond donors (Lipinski definition) is 5. The predicted octanol–water partition coefficient (Wildman–Crippen LogP) is 4.81. The quantitative estimate of drug-likeness (QED) is 0.245. The van der Waals surface area contributed by atoms with Gasteiger partial charge >= 0.3 is 0 Å². The van der Waals surface area contributed by atoms with Crippen molar-refractivity contribution in [2.45, 2.75) is 31.7 Å². The first kappa shape index (κ1) is 27.6. The number of carbonyl (C=O) groups is 1. The highest BCUT2D eigenvalue weighted by molar-refractivity contribution is 6.33. The molecule has 2 heterocycles. The lowest BCUT2D eigenvalue weighted by Gasteiger charge is -2.28. The summed E-state index contributed by atoms with van der Waals surface area (Å²) in [4.78, 5) is 20.9. The number of rotatable bonds is 9. The lowest BCUT2D eigenvalue weighted by Crippen LogP contribution is -2.39. The van der Waals surface area contributed by atoms with Crippen LogP contribution in [0.25, 0.3) is 0 Å². The number of ether oxygens (including phenoxy) is 1. The summed E-state index contributed by atoms with van der Waals surface area (Å²) in [6.45, 7) is 6.73. The van der Waals surface area contributed by atoms with Crippen LogP contribution in [0.2, 0.25) is 5.02 Å². The molecule has 0 fully saturated rings. The number of para-hydroxylation sites is 1. The molecule has 2 aromatic carbocycles. The average Bonchev–Trinajstić information content (AvgIpc) is 3.01. The van der Waals surface area contributed by atoms with Gasteiger partial charge in [0.25, 0.3) is 5.91 Å². The number of halogens is 2. The van der Waals surface area contributed by atoms with Crippen molar-refractivity contribution >= 4 is 46.3 Å². The van der Waals surface area contributed by atoms with Gasteiger partial charge in [0.1, 0.15) is 10.8 Å². The lowest BCUT2D eigenvalue weighted by molar-refractivity contribution is 0.0963. The number of anilines is 5. The molecule has 1 aliphatic heterocycles. The Hall–Kier alpha value is -3.47. The fourth-order valence-electron chi connectivity index (χ4n) is 4.64. The van der Waals surface area contributed by atoms with Gasteiger partial charge in [-0.15, -0.1) is 0 Å². The van der Waals surface area contributed by atoms with Crippen LogP contribution in [0.3, 0.4) is 0 Å². The third-order valence-corrected chi connectivity index (χ3v) is 6.79. The predicted molar refractivity (Wildman–Crippen MR) is 150 cm³/mol. The monoisotopic (exact) mass is 541 g/mol. The van der Waals surface area contributed by atoms with E-state index in [2.05, 4.69) is 56.5 Å². The van der Waals surface area contributed by atoms with E-state index >= 15 is 0 Å². The van der Waals surface area contributed by atoms with E-state index in [9.17, 15) is 9.18 Å². The van der Waals surface area contributed by atoms with Crippen molar-refractivity contribution < 1.29 is 13.9 Å². The standard InChI is InChI=1S/C27H33ClFN7O2/c1-27(2)13-17(31-10-11-38-4)14-32-22-12-16(8-9-19(22)27)34-26-33-15-20(28)24(36-26)35-23-18(25(37)30-3)6-5-7-21(23)29/h5-9,12,15,17,31-32H,10-11,13-14H2,1-4H3,(H,30,37)(H2,33,34,35,36). The first-order valence-corrected chi connectivity index (χ1v) is 12.8. The van der Waals surface area contributed by atoms with E-state index in [-0.39, 0.29) is 33.5 Å². The SMILES string of the molecule is CNC(=O)c1cccc(F)c1Nc1nc(Nc2ccc3c(c2)NCC(NCCOC)CC3(C)C)ncc1Cl. The first-order valence-electron chi connectivity index (χ1n) is 12.4. The number of methoxy groups -OCH3 is 1. The Morgan fingerprint density at radius 1 is 1.26 bits per heavy atom. The Balaban J connectivity index is 1.55. The van der Waals surface area contributed by atoms with Crippen molar-refractivity contribution in [2.24, 2.45) is 0 Å². The molecule has 0 bridgehead atoms. The van der Waals surface area contributed by atoms with Crippen LogP contribution in [-0.4, -0.2) is 55.8 Å². The number of fused-ring (bicyclic) bond motifs is 1. The van der Waals surface area contributed by atoms with Crippen molar-refractivity contribution in [1.82, 2.24) is 20.6 Å². The van der Waals surface area contributed by atoms with Crippen LogP contribution in [0.15, 0.2) is 42.6 Å². The molecule has 0 saturated carbocycles. The van der Waals surface area contributed by atoms with Gasteiger partial charge in [0.2, 0.25) is 5.95 Å². The van der Waals surface area contributed by atoms with Crippen molar-refractivity contribution in [3.8, 4) is 0 Å². The van der Waals surface area contributed by atoms with Crippen molar-refractivity contribution in [3.05, 3.63) is 64.6 Å². The molecule has 5 N–H and O–H groups in total. The molecule has 38 heavy (non-hydrogen) atoms. The van der Waals surface area contributed by atoms with E-state index < -0.39 is 11.7 Å². The zero-order chi connectivity index (χ0) is 27.3. The molecule has 3 aromatic rings. The van der Waals surface area contributed by atoms with Crippen molar-refractivity contribution in [3.63, 3.8) is 0 Å². The molecule has 1 atom stereocenters. The molecule has 0 saturated heterocycles. The van der Waals surface area contributed by atoms with Gasteiger partial charge in [-0.2, -0.15) is 4.98 Å². The molecule has 0 aliphatic carbocycles. The number of nitrogens with zero attached hydrogens (tertiary/aromatic N) is 2. The molecule has 0 radical (unpaired) electrons. The normalized spacial score (nSPS) is 16.1. The minimum atomic E-state index is -0.607. The minimum absolute atomic E-state index is 0.0245. The van der Waals surface area contributed by atoms with Gasteiger partial charge in [-0.25, -0.2) is 9.37 Å². The van der Waals surface area contributed by atoms with Gasteiger partial charge < -0.3 is 31.3 Å². The van der Waals surface area contributed by atoms with Crippen LogP contribution in [0.1, 0.15) is 36.2 Å². The van der Waals surface area contributed by atoms with Crippen LogP contribution in [-0.2, 0) is 10.2 Å². The Bertz CT molecular complexity index is 1300. The maximum absolute atomic E-state index is 14.6. The van der Waals surface area contributed by atoms with E-state index in [0.717, 1.165) is 30.9 Å². The summed E-state index contributed by atoms with van der Waals surface area (Å²) in [6.07, 6.45) is 2.40. The van der Waals surface area contributed by atoms with Crippen LogP contribution < -0.4 is 26.6 Å². The van der Waals surface area contributed by atoms with E-state index in [1.807, 2.05) is 12.1 Å². The number of carbonyl (C=O) groups excluding carboxylic acids is 1. The maximum atomic E-state index is 14.6. The van der Waals surface area contributed by atoms with E-state index in [4.69, 9.17) is 16.3 Å². The summed E-state index contributed by atoms with van der Waals surface area (Å²) in [5, 5.41) is 15.9. The second-order valence-electron chi connectivity index (χ2n) is 9.75. The molecule has 9 nitrogen and oxygen atoms in total. The number of benzene rings is 2. The molecule has 202 valence electrons. The average molecular weight is 542 g/mol. The summed E-state index contributed by atoms with van der Waals surface area (Å²) < 4.78 is 19.8. The highest BCUT2D eigenvalue weighted by Gasteiger charge is 2.30. The van der Waals surface area contributed by atoms with Crippen LogP contribution in [0.5, 0.6) is 0 Å². The second-order valence-corrected chi connectivity index (χ2v) is 10.2. The molecule has 0 spiro atoms. The van der Waals surface area contributed by atoms with Crippen molar-refractivity contribution in [2.75, 3.05) is 49.8 Å². The van der Waals surface area contributed by atoms with Gasteiger partial charge in [0, 0.05) is 44.7 Å². The highest BCUT2D eigenvalue weighted by Crippen LogP contribution is 2.38. The molecule has 1 amide bonds. The first-order chi connectivity index (χ1) is 18.2. The zero-order valence-electron chi connectivity index (χ0n) is 21.9. The third kappa shape index (κ3) is 6.32. The summed E-state index contributed by atoms with van der Waals surface area (Å²) in [7, 11) is 3.18. The van der Waals surface area contributed by atoms with Gasteiger partial charge in [0.05, 0.1) is 24.1 Å². The Kier molecular flexibility index (Phi) is 8.65. The van der Waals surface area contributed by atoms with Crippen LogP contribution >= 0.6 is 11.6 Å². The smallest absolute Gasteiger partial charge is 0.253 e.